The quantitative estimate of drug-likeness (QED) is 0.593. The molecule has 2 aromatic heterocycles. The maximum Gasteiger partial charge on any atom is 0.256 e. The maximum absolute atomic E-state index is 13.5. The van der Waals surface area contributed by atoms with Gasteiger partial charge in [-0.2, -0.15) is 4.68 Å². The summed E-state index contributed by atoms with van der Waals surface area (Å²) in [5.74, 6) is 0.240. The van der Waals surface area contributed by atoms with Crippen molar-refractivity contribution in [3.05, 3.63) is 66.0 Å². The van der Waals surface area contributed by atoms with Gasteiger partial charge >= 0.3 is 0 Å². The minimum atomic E-state index is -0.322. The number of H-pyrrole nitrogens is 1. The van der Waals surface area contributed by atoms with Gasteiger partial charge in [0.15, 0.2) is 0 Å². The van der Waals surface area contributed by atoms with Crippen molar-refractivity contribution in [2.45, 2.75) is 18.9 Å². The van der Waals surface area contributed by atoms with Crippen molar-refractivity contribution in [3.63, 3.8) is 0 Å². The molecule has 0 bridgehead atoms. The average molecular weight is 377 g/mol. The Morgan fingerprint density at radius 2 is 2.11 bits per heavy atom. The number of aromatic amines is 1. The van der Waals surface area contributed by atoms with Gasteiger partial charge in [-0.1, -0.05) is 12.1 Å². The van der Waals surface area contributed by atoms with Crippen LogP contribution in [0.3, 0.4) is 0 Å². The van der Waals surface area contributed by atoms with Gasteiger partial charge in [0.25, 0.3) is 5.91 Å². The second-order valence-corrected chi connectivity index (χ2v) is 6.71. The lowest BCUT2D eigenvalue weighted by molar-refractivity contribution is 0.0730. The lowest BCUT2D eigenvalue weighted by atomic mass is 10.1. The van der Waals surface area contributed by atoms with Crippen LogP contribution in [-0.2, 0) is 0 Å². The highest BCUT2D eigenvalue weighted by molar-refractivity contribution is 5.98. The number of tetrazole rings is 1. The number of hydrogen-bond donors (Lipinski definition) is 1. The smallest absolute Gasteiger partial charge is 0.256 e. The number of nitrogens with one attached hydrogen (secondary N) is 1. The molecule has 28 heavy (non-hydrogen) atoms. The molecule has 0 aliphatic carbocycles. The number of amides is 1. The number of carbonyl (C=O) groups is 1. The molecule has 9 heteroatoms. The molecule has 1 fully saturated rings. The maximum atomic E-state index is 13.5. The minimum absolute atomic E-state index is 0.111. The third-order valence-corrected chi connectivity index (χ3v) is 5.02. The zero-order chi connectivity index (χ0) is 19.1. The van der Waals surface area contributed by atoms with Crippen molar-refractivity contribution >= 4 is 16.9 Å². The van der Waals surface area contributed by atoms with E-state index in [1.54, 1.807) is 23.1 Å². The zero-order valence-electron chi connectivity index (χ0n) is 14.8. The van der Waals surface area contributed by atoms with Crippen LogP contribution in [0.5, 0.6) is 0 Å². The zero-order valence-corrected chi connectivity index (χ0v) is 14.8. The lowest BCUT2D eigenvalue weighted by Crippen LogP contribution is -2.32. The average Bonchev–Trinajstić information content (AvgIpc) is 3.46. The van der Waals surface area contributed by atoms with Gasteiger partial charge in [-0.3, -0.25) is 4.79 Å². The van der Waals surface area contributed by atoms with Crippen LogP contribution in [-0.4, -0.2) is 47.5 Å². The van der Waals surface area contributed by atoms with E-state index in [1.165, 1.54) is 23.1 Å². The van der Waals surface area contributed by atoms with Crippen LogP contribution in [0.15, 0.2) is 48.8 Å². The van der Waals surface area contributed by atoms with Crippen molar-refractivity contribution < 1.29 is 9.18 Å². The molecule has 1 N–H and O–H groups in total. The first kappa shape index (κ1) is 16.5. The number of halogens is 1. The standard InChI is InChI=1S/C19H16FN7O/c20-12-7-8-14-15(10-12)23-18(22-14)17-6-3-9-26(17)19(28)13-4-1-2-5-16(13)27-11-21-24-25-27/h1-2,4-5,7-8,10-11,17H,3,6,9H2,(H,22,23). The van der Waals surface area contributed by atoms with Crippen molar-refractivity contribution in [1.29, 1.82) is 0 Å². The molecule has 0 spiro atoms. The Balaban J connectivity index is 1.51. The van der Waals surface area contributed by atoms with Gasteiger partial charge in [0.05, 0.1) is 28.3 Å². The summed E-state index contributed by atoms with van der Waals surface area (Å²) in [6.07, 6.45) is 3.12. The van der Waals surface area contributed by atoms with Crippen LogP contribution in [0.25, 0.3) is 16.7 Å². The van der Waals surface area contributed by atoms with Crippen LogP contribution in [0.1, 0.15) is 35.1 Å². The summed E-state index contributed by atoms with van der Waals surface area (Å²) in [4.78, 5) is 22.9. The second-order valence-electron chi connectivity index (χ2n) is 6.71. The summed E-state index contributed by atoms with van der Waals surface area (Å²) in [5, 5.41) is 11.2. The van der Waals surface area contributed by atoms with Crippen molar-refractivity contribution in [1.82, 2.24) is 35.1 Å². The van der Waals surface area contributed by atoms with Crippen molar-refractivity contribution in [2.75, 3.05) is 6.54 Å². The summed E-state index contributed by atoms with van der Waals surface area (Å²) in [7, 11) is 0. The van der Waals surface area contributed by atoms with Gasteiger partial charge in [-0.25, -0.2) is 9.37 Å². The number of para-hydroxylation sites is 1. The highest BCUT2D eigenvalue weighted by Gasteiger charge is 2.33. The molecule has 140 valence electrons. The Kier molecular flexibility index (Phi) is 3.85. The molecule has 3 heterocycles. The molecule has 1 saturated heterocycles. The van der Waals surface area contributed by atoms with Gasteiger partial charge in [0, 0.05) is 6.54 Å². The monoisotopic (exact) mass is 377 g/mol. The van der Waals surface area contributed by atoms with E-state index in [2.05, 4.69) is 25.5 Å². The van der Waals surface area contributed by atoms with E-state index in [9.17, 15) is 9.18 Å². The Morgan fingerprint density at radius 1 is 1.21 bits per heavy atom. The molecule has 2 aromatic carbocycles. The fraction of sp³-hybridized carbons (Fsp3) is 0.211. The predicted molar refractivity (Wildman–Crippen MR) is 98.2 cm³/mol. The van der Waals surface area contributed by atoms with E-state index < -0.39 is 0 Å². The molecule has 8 nitrogen and oxygen atoms in total. The van der Waals surface area contributed by atoms with E-state index in [0.717, 1.165) is 12.8 Å². The van der Waals surface area contributed by atoms with Crippen LogP contribution < -0.4 is 0 Å². The molecule has 0 saturated carbocycles. The number of benzene rings is 2. The predicted octanol–water partition coefficient (Wildman–Crippen LogP) is 2.66. The SMILES string of the molecule is O=C(c1ccccc1-n1cnnn1)N1CCCC1c1nc2ccc(F)cc2[nH]1. The molecule has 0 radical (unpaired) electrons. The number of carbonyl (C=O) groups excluding carboxylic acids is 1. The van der Waals surface area contributed by atoms with E-state index >= 15 is 0 Å². The highest BCUT2D eigenvalue weighted by Crippen LogP contribution is 2.33. The first-order chi connectivity index (χ1) is 13.7. The Labute approximate surface area is 159 Å². The van der Waals surface area contributed by atoms with Gasteiger partial charge < -0.3 is 9.88 Å². The van der Waals surface area contributed by atoms with E-state index in [0.29, 0.717) is 34.7 Å². The Hall–Kier alpha value is -3.62. The number of hydrogen-bond acceptors (Lipinski definition) is 5. The topological polar surface area (TPSA) is 92.6 Å². The number of aromatic nitrogens is 6. The molecule has 1 unspecified atom stereocenters. The van der Waals surface area contributed by atoms with Gasteiger partial charge in [0.2, 0.25) is 0 Å². The molecule has 1 amide bonds. The summed E-state index contributed by atoms with van der Waals surface area (Å²) < 4.78 is 15.0. The van der Waals surface area contributed by atoms with Gasteiger partial charge in [0.1, 0.15) is 18.0 Å². The number of fused-ring (bicyclic) bond motifs is 1. The third kappa shape index (κ3) is 2.72. The number of nitrogens with zero attached hydrogens (tertiary/aromatic N) is 6. The van der Waals surface area contributed by atoms with Crippen molar-refractivity contribution in [2.24, 2.45) is 0 Å². The largest absolute Gasteiger partial charge is 0.340 e. The van der Waals surface area contributed by atoms with Crippen LogP contribution in [0, 0.1) is 5.82 Å². The Morgan fingerprint density at radius 3 is 2.96 bits per heavy atom. The Bertz CT molecular complexity index is 1150. The summed E-state index contributed by atoms with van der Waals surface area (Å²) in [5.41, 5.74) is 2.45. The van der Waals surface area contributed by atoms with Crippen LogP contribution >= 0.6 is 0 Å². The fourth-order valence-electron chi connectivity index (χ4n) is 3.73. The van der Waals surface area contributed by atoms with Gasteiger partial charge in [-0.05, 0) is 53.6 Å². The minimum Gasteiger partial charge on any atom is -0.340 e. The molecule has 1 aliphatic rings. The number of imidazole rings is 1. The summed E-state index contributed by atoms with van der Waals surface area (Å²) in [6.45, 7) is 0.624. The van der Waals surface area contributed by atoms with E-state index in [4.69, 9.17) is 0 Å². The van der Waals surface area contributed by atoms with E-state index in [1.807, 2.05) is 12.1 Å². The third-order valence-electron chi connectivity index (χ3n) is 5.02. The van der Waals surface area contributed by atoms with Gasteiger partial charge in [-0.15, -0.1) is 5.10 Å². The van der Waals surface area contributed by atoms with Crippen LogP contribution in [0.2, 0.25) is 0 Å². The van der Waals surface area contributed by atoms with Crippen molar-refractivity contribution in [3.8, 4) is 5.69 Å². The molecule has 1 atom stereocenters. The first-order valence-corrected chi connectivity index (χ1v) is 8.99. The normalized spacial score (nSPS) is 16.8. The second kappa shape index (κ2) is 6.52. The molecular weight excluding hydrogens is 361 g/mol. The number of likely N-dealkylation sites (tertiary alicyclic amines) is 1. The number of rotatable bonds is 3. The summed E-state index contributed by atoms with van der Waals surface area (Å²) >= 11 is 0. The molecule has 5 rings (SSSR count). The summed E-state index contributed by atoms with van der Waals surface area (Å²) in [6, 6.07) is 11.5. The molecular formula is C19H16FN7O. The first-order valence-electron chi connectivity index (χ1n) is 8.99. The molecule has 4 aromatic rings. The van der Waals surface area contributed by atoms with E-state index in [-0.39, 0.29) is 17.8 Å². The lowest BCUT2D eigenvalue weighted by Gasteiger charge is -2.24. The van der Waals surface area contributed by atoms with Crippen LogP contribution in [0.4, 0.5) is 4.39 Å². The fourth-order valence-corrected chi connectivity index (χ4v) is 3.73. The molecule has 1 aliphatic heterocycles. The highest BCUT2D eigenvalue weighted by atomic mass is 19.1.